The van der Waals surface area contributed by atoms with Crippen molar-refractivity contribution in [1.82, 2.24) is 0 Å². The number of hydrogen-bond donors (Lipinski definition) is 0. The Labute approximate surface area is 331 Å². The zero-order valence-electron chi connectivity index (χ0n) is 34.6. The maximum absolute atomic E-state index is 1.74. The van der Waals surface area contributed by atoms with Gasteiger partial charge in [-0.25, -0.2) is 0 Å². The summed E-state index contributed by atoms with van der Waals surface area (Å²) in [5.41, 5.74) is 0.802. The van der Waals surface area contributed by atoms with Gasteiger partial charge >= 0.3 is 0 Å². The molecule has 0 bridgehead atoms. The minimum absolute atomic E-state index is 0.802. The average Bonchev–Trinajstić information content (AvgIpc) is 3.98. The summed E-state index contributed by atoms with van der Waals surface area (Å²) < 4.78 is 0. The molecule has 26 atom stereocenters. The predicted molar refractivity (Wildman–Crippen MR) is 218 cm³/mol. The molecule has 0 heterocycles. The Balaban J connectivity index is 0.885. The Morgan fingerprint density at radius 1 is 0.222 bits per heavy atom. The lowest BCUT2D eigenvalue weighted by atomic mass is 9.27. The van der Waals surface area contributed by atoms with Crippen molar-refractivity contribution in [2.75, 3.05) is 0 Å². The van der Waals surface area contributed by atoms with Crippen molar-refractivity contribution in [2.24, 2.45) is 159 Å². The third-order valence-corrected chi connectivity index (χ3v) is 26.1. The lowest BCUT2D eigenvalue weighted by Gasteiger charge is -2.77. The Morgan fingerprint density at radius 3 is 1.11 bits per heavy atom. The molecule has 15 rings (SSSR count). The molecule has 15 saturated carbocycles. The van der Waals surface area contributed by atoms with Gasteiger partial charge in [-0.15, -0.1) is 0 Å². The first-order valence-electron chi connectivity index (χ1n) is 26.8. The number of rotatable bonds is 0. The second-order valence-corrected chi connectivity index (χ2v) is 25.9. The molecule has 15 aliphatic rings. The summed E-state index contributed by atoms with van der Waals surface area (Å²) in [4.78, 5) is 0. The molecule has 15 aliphatic carbocycles. The maximum atomic E-state index is 1.74. The molecule has 0 aromatic carbocycles. The van der Waals surface area contributed by atoms with Crippen LogP contribution in [0.3, 0.4) is 0 Å². The normalized spacial score (nSPS) is 67.6. The van der Waals surface area contributed by atoms with E-state index in [4.69, 9.17) is 0 Å². The van der Waals surface area contributed by atoms with E-state index in [0.717, 1.165) is 29.1 Å². The second kappa shape index (κ2) is 11.6. The summed E-state index contributed by atoms with van der Waals surface area (Å²) in [6.07, 6.45) is 45.0. The van der Waals surface area contributed by atoms with Crippen LogP contribution in [0.5, 0.6) is 0 Å². The van der Waals surface area contributed by atoms with Crippen molar-refractivity contribution in [3.63, 3.8) is 0 Å². The van der Waals surface area contributed by atoms with E-state index < -0.39 is 0 Å². The van der Waals surface area contributed by atoms with Crippen molar-refractivity contribution < 1.29 is 0 Å². The van der Waals surface area contributed by atoms with E-state index in [-0.39, 0.29) is 0 Å². The van der Waals surface area contributed by atoms with E-state index in [1.54, 1.807) is 173 Å². The molecule has 0 saturated heterocycles. The molecule has 296 valence electrons. The van der Waals surface area contributed by atoms with Crippen molar-refractivity contribution in [2.45, 2.75) is 173 Å². The summed E-state index contributed by atoms with van der Waals surface area (Å²) in [6.45, 7) is 0. The standard InChI is InChI=1S/C54H80/c1-3-11-32-28(9-1)26-42-34(32)21-23-36-38-19-17-30-25-31-18-20-39-37-24-22-35-33-12-4-2-10-29(33)27-43(35)47(37)49-41-14-6-8-16-45(41)54(53(31)51(39)49)44-15-7-5-13-40(44)48(46(36)42)50(38)52(30)54/h28-53H,1-27H2. The van der Waals surface area contributed by atoms with Gasteiger partial charge in [0, 0.05) is 0 Å². The van der Waals surface area contributed by atoms with Crippen LogP contribution < -0.4 is 0 Å². The Bertz CT molecular complexity index is 1400. The molecule has 26 unspecified atom stereocenters. The van der Waals surface area contributed by atoms with Gasteiger partial charge in [0.1, 0.15) is 0 Å². The van der Waals surface area contributed by atoms with Gasteiger partial charge in [0.05, 0.1) is 0 Å². The van der Waals surface area contributed by atoms with Gasteiger partial charge in [-0.1, -0.05) is 64.2 Å². The summed E-state index contributed by atoms with van der Waals surface area (Å²) in [7, 11) is 0. The zero-order valence-corrected chi connectivity index (χ0v) is 34.6. The molecule has 0 nitrogen and oxygen atoms in total. The highest BCUT2D eigenvalue weighted by atomic mass is 14.8. The molecular weight excluding hydrogens is 649 g/mol. The summed E-state index contributed by atoms with van der Waals surface area (Å²) in [5.74, 6) is 30.6. The van der Waals surface area contributed by atoms with Crippen LogP contribution in [0.2, 0.25) is 0 Å². The second-order valence-electron chi connectivity index (χ2n) is 25.9. The highest BCUT2D eigenvalue weighted by Crippen LogP contribution is 2.85. The van der Waals surface area contributed by atoms with E-state index in [9.17, 15) is 0 Å². The Morgan fingerprint density at radius 2 is 0.611 bits per heavy atom. The van der Waals surface area contributed by atoms with Gasteiger partial charge in [-0.05, 0) is 268 Å². The quantitative estimate of drug-likeness (QED) is 0.233. The Hall–Kier alpha value is 0. The maximum Gasteiger partial charge on any atom is -0.0168 e. The molecule has 0 aromatic heterocycles. The van der Waals surface area contributed by atoms with Gasteiger partial charge in [-0.2, -0.15) is 0 Å². The summed E-state index contributed by atoms with van der Waals surface area (Å²) in [5, 5.41) is 0. The van der Waals surface area contributed by atoms with E-state index in [0.29, 0.717) is 0 Å². The molecule has 0 aromatic rings. The van der Waals surface area contributed by atoms with Crippen molar-refractivity contribution in [1.29, 1.82) is 0 Å². The third kappa shape index (κ3) is 3.83. The highest BCUT2D eigenvalue weighted by molar-refractivity contribution is 5.28. The summed E-state index contributed by atoms with van der Waals surface area (Å²) in [6, 6.07) is 0. The van der Waals surface area contributed by atoms with E-state index in [1.807, 2.05) is 0 Å². The van der Waals surface area contributed by atoms with Gasteiger partial charge in [0.15, 0.2) is 0 Å². The zero-order chi connectivity index (χ0) is 34.6. The minimum atomic E-state index is 0.802. The molecular formula is C54H80. The third-order valence-electron chi connectivity index (χ3n) is 26.1. The first-order valence-corrected chi connectivity index (χ1v) is 26.8. The lowest BCUT2D eigenvalue weighted by Crippen LogP contribution is -2.73. The Kier molecular flexibility index (Phi) is 7.07. The molecule has 0 aliphatic heterocycles. The van der Waals surface area contributed by atoms with Crippen LogP contribution in [0.25, 0.3) is 0 Å². The van der Waals surface area contributed by atoms with Crippen molar-refractivity contribution in [3.8, 4) is 0 Å². The summed E-state index contributed by atoms with van der Waals surface area (Å²) >= 11 is 0. The molecule has 0 N–H and O–H groups in total. The molecule has 0 radical (unpaired) electrons. The number of hydrogen-bond acceptors (Lipinski definition) is 0. The molecule has 0 amide bonds. The fourth-order valence-corrected chi connectivity index (χ4v) is 26.3. The monoisotopic (exact) mass is 729 g/mol. The first kappa shape index (κ1) is 32.8. The minimum Gasteiger partial charge on any atom is -0.0530 e. The van der Waals surface area contributed by atoms with Crippen LogP contribution >= 0.6 is 0 Å². The van der Waals surface area contributed by atoms with Gasteiger partial charge in [0.25, 0.3) is 0 Å². The van der Waals surface area contributed by atoms with E-state index >= 15 is 0 Å². The molecule has 1 spiro atoms. The van der Waals surface area contributed by atoms with Crippen LogP contribution in [0, 0.1) is 159 Å². The average molecular weight is 729 g/mol. The lowest BCUT2D eigenvalue weighted by molar-refractivity contribution is -0.301. The molecule has 0 heteroatoms. The van der Waals surface area contributed by atoms with Gasteiger partial charge in [0.2, 0.25) is 0 Å². The van der Waals surface area contributed by atoms with Crippen molar-refractivity contribution >= 4 is 0 Å². The first-order chi connectivity index (χ1) is 26.8. The van der Waals surface area contributed by atoms with Crippen LogP contribution in [0.4, 0.5) is 0 Å². The smallest absolute Gasteiger partial charge is 0.0168 e. The van der Waals surface area contributed by atoms with Crippen LogP contribution in [0.1, 0.15) is 173 Å². The van der Waals surface area contributed by atoms with E-state index in [1.165, 1.54) is 130 Å². The van der Waals surface area contributed by atoms with Crippen LogP contribution in [-0.2, 0) is 0 Å². The molecule has 15 fully saturated rings. The predicted octanol–water partition coefficient (Wildman–Crippen LogP) is 13.7. The van der Waals surface area contributed by atoms with Crippen LogP contribution in [0.15, 0.2) is 0 Å². The fraction of sp³-hybridized carbons (Fsp3) is 1.00. The van der Waals surface area contributed by atoms with E-state index in [2.05, 4.69) is 0 Å². The topological polar surface area (TPSA) is 0 Å². The van der Waals surface area contributed by atoms with Crippen molar-refractivity contribution in [3.05, 3.63) is 0 Å². The van der Waals surface area contributed by atoms with Gasteiger partial charge < -0.3 is 0 Å². The SMILES string of the molecule is C1CCC2C(C1)CC1C2CCC2C3CCC4CC5CCC6C7CCC8C9CCCCC9CC8C7C7C8CCCCC8C8(C9CCCCC9C(C12)C3C48)C5C67. The highest BCUT2D eigenvalue weighted by Gasteiger charge is 2.80. The van der Waals surface area contributed by atoms with Crippen LogP contribution in [-0.4, -0.2) is 0 Å². The number of fused-ring (bicyclic) bond motifs is 18. The largest absolute Gasteiger partial charge is 0.0530 e. The molecule has 54 heavy (non-hydrogen) atoms. The van der Waals surface area contributed by atoms with Gasteiger partial charge in [-0.3, -0.25) is 0 Å². The fourth-order valence-electron chi connectivity index (χ4n) is 26.3.